The Balaban J connectivity index is 1.60. The van der Waals surface area contributed by atoms with E-state index in [2.05, 4.69) is 16.0 Å². The zero-order valence-corrected chi connectivity index (χ0v) is 15.1. The van der Waals surface area contributed by atoms with Crippen molar-refractivity contribution in [3.63, 3.8) is 0 Å². The van der Waals surface area contributed by atoms with Gasteiger partial charge in [0.15, 0.2) is 0 Å². The van der Waals surface area contributed by atoms with Gasteiger partial charge in [-0.25, -0.2) is 0 Å². The maximum Gasteiger partial charge on any atom is 0.313 e. The molecule has 1 aliphatic rings. The summed E-state index contributed by atoms with van der Waals surface area (Å²) < 4.78 is 5.34. The molecule has 25 heavy (non-hydrogen) atoms. The molecule has 4 N–H and O–H groups in total. The number of carbonyl (C=O) groups excluding carboxylic acids is 2. The maximum absolute atomic E-state index is 11.9. The average Bonchev–Trinajstić information content (AvgIpc) is 2.64. The Kier molecular flexibility index (Phi) is 8.25. The quantitative estimate of drug-likeness (QED) is 0.489. The molecular formula is C19H30N3O3+. The van der Waals surface area contributed by atoms with Gasteiger partial charge in [0.05, 0.1) is 19.7 Å². The average molecular weight is 348 g/mol. The molecule has 0 radical (unpaired) electrons. The monoisotopic (exact) mass is 348 g/mol. The molecule has 1 saturated heterocycles. The normalized spacial score (nSPS) is 16.9. The van der Waals surface area contributed by atoms with E-state index in [9.17, 15) is 9.59 Å². The third-order valence-electron chi connectivity index (χ3n) is 4.47. The number of amides is 2. The largest absolute Gasteiger partial charge is 0.494 e. The second kappa shape index (κ2) is 10.7. The van der Waals surface area contributed by atoms with Crippen molar-refractivity contribution in [3.05, 3.63) is 24.3 Å². The van der Waals surface area contributed by atoms with Crippen molar-refractivity contribution in [1.29, 1.82) is 0 Å². The molecular weight excluding hydrogens is 318 g/mol. The van der Waals surface area contributed by atoms with E-state index in [1.807, 2.05) is 6.92 Å². The fourth-order valence-electron chi connectivity index (χ4n) is 3.11. The van der Waals surface area contributed by atoms with E-state index >= 15 is 0 Å². The minimum Gasteiger partial charge on any atom is -0.494 e. The van der Waals surface area contributed by atoms with Crippen LogP contribution in [0.25, 0.3) is 0 Å². The van der Waals surface area contributed by atoms with E-state index in [0.29, 0.717) is 18.8 Å². The Morgan fingerprint density at radius 3 is 2.68 bits per heavy atom. The lowest BCUT2D eigenvalue weighted by molar-refractivity contribution is -0.669. The predicted molar refractivity (Wildman–Crippen MR) is 97.5 cm³/mol. The summed E-state index contributed by atoms with van der Waals surface area (Å²) in [7, 11) is 0. The first kappa shape index (κ1) is 19.2. The summed E-state index contributed by atoms with van der Waals surface area (Å²) in [4.78, 5) is 23.7. The molecule has 2 rings (SSSR count). The number of nitrogens with two attached hydrogens (primary N) is 1. The summed E-state index contributed by atoms with van der Waals surface area (Å²) in [5.74, 6) is 0.332. The number of carbonyl (C=O) groups is 2. The zero-order chi connectivity index (χ0) is 17.9. The Morgan fingerprint density at radius 1 is 1.20 bits per heavy atom. The molecule has 1 atom stereocenters. The van der Waals surface area contributed by atoms with Gasteiger partial charge in [-0.05, 0) is 56.9 Å². The highest BCUT2D eigenvalue weighted by molar-refractivity contribution is 6.39. The smallest absolute Gasteiger partial charge is 0.313 e. The van der Waals surface area contributed by atoms with E-state index in [-0.39, 0.29) is 0 Å². The van der Waals surface area contributed by atoms with Crippen LogP contribution in [0.2, 0.25) is 0 Å². The van der Waals surface area contributed by atoms with Crippen molar-refractivity contribution in [3.8, 4) is 5.75 Å². The van der Waals surface area contributed by atoms with Gasteiger partial charge < -0.3 is 20.7 Å². The molecule has 0 unspecified atom stereocenters. The van der Waals surface area contributed by atoms with Crippen molar-refractivity contribution in [2.45, 2.75) is 39.0 Å². The lowest BCUT2D eigenvalue weighted by Crippen LogP contribution is -2.87. The number of nitrogens with one attached hydrogen (secondary N) is 2. The molecule has 1 fully saturated rings. The van der Waals surface area contributed by atoms with Gasteiger partial charge in [-0.15, -0.1) is 0 Å². The van der Waals surface area contributed by atoms with E-state index in [4.69, 9.17) is 4.74 Å². The zero-order valence-electron chi connectivity index (χ0n) is 15.1. The summed E-state index contributed by atoms with van der Waals surface area (Å²) in [6.45, 7) is 5.54. The molecule has 0 aromatic heterocycles. The summed E-state index contributed by atoms with van der Waals surface area (Å²) >= 11 is 0. The molecule has 1 aromatic rings. The maximum atomic E-state index is 11.9. The van der Waals surface area contributed by atoms with Gasteiger partial charge >= 0.3 is 11.8 Å². The number of hydrogen-bond acceptors (Lipinski definition) is 3. The van der Waals surface area contributed by atoms with Crippen LogP contribution in [0, 0.1) is 5.92 Å². The lowest BCUT2D eigenvalue weighted by atomic mass is 9.94. The van der Waals surface area contributed by atoms with Gasteiger partial charge in [0.1, 0.15) is 5.75 Å². The van der Waals surface area contributed by atoms with Crippen molar-refractivity contribution in [2.75, 3.05) is 31.6 Å². The van der Waals surface area contributed by atoms with Crippen LogP contribution in [0.1, 0.15) is 39.0 Å². The van der Waals surface area contributed by atoms with Crippen LogP contribution in [0.3, 0.4) is 0 Å². The summed E-state index contributed by atoms with van der Waals surface area (Å²) in [5, 5.41) is 7.67. The van der Waals surface area contributed by atoms with E-state index in [1.165, 1.54) is 32.4 Å². The number of ether oxygens (including phenoxy) is 1. The minimum atomic E-state index is -0.633. The molecule has 0 bridgehead atoms. The number of unbranched alkanes of at least 4 members (excludes halogenated alkanes) is 1. The third kappa shape index (κ3) is 7.13. The second-order valence-corrected chi connectivity index (χ2v) is 6.48. The highest BCUT2D eigenvalue weighted by atomic mass is 16.5. The van der Waals surface area contributed by atoms with Crippen molar-refractivity contribution >= 4 is 17.5 Å². The van der Waals surface area contributed by atoms with Gasteiger partial charge in [0.25, 0.3) is 0 Å². The van der Waals surface area contributed by atoms with Crippen LogP contribution in [0.4, 0.5) is 5.69 Å². The molecule has 1 aromatic carbocycles. The van der Waals surface area contributed by atoms with Crippen molar-refractivity contribution in [2.24, 2.45) is 5.92 Å². The first-order valence-electron chi connectivity index (χ1n) is 9.32. The minimum absolute atomic E-state index is 0.548. The van der Waals surface area contributed by atoms with Gasteiger partial charge in [-0.2, -0.15) is 0 Å². The molecule has 2 amide bonds. The number of piperidine rings is 1. The van der Waals surface area contributed by atoms with Crippen LogP contribution >= 0.6 is 0 Å². The fraction of sp³-hybridized carbons (Fsp3) is 0.579. The van der Waals surface area contributed by atoms with Gasteiger partial charge in [-0.3, -0.25) is 9.59 Å². The Morgan fingerprint density at radius 2 is 2.00 bits per heavy atom. The SMILES string of the molecule is CCOc1ccc(NC(=O)C(=O)NCCCC[C@@H]2CCC[NH2+]C2)cc1. The second-order valence-electron chi connectivity index (χ2n) is 6.48. The number of rotatable bonds is 8. The Hall–Kier alpha value is -2.08. The molecule has 1 aliphatic heterocycles. The summed E-state index contributed by atoms with van der Waals surface area (Å²) in [6.07, 6.45) is 5.86. The van der Waals surface area contributed by atoms with Crippen LogP contribution in [0.5, 0.6) is 5.75 Å². The van der Waals surface area contributed by atoms with Crippen LogP contribution in [0.15, 0.2) is 24.3 Å². The number of hydrogen-bond donors (Lipinski definition) is 3. The third-order valence-corrected chi connectivity index (χ3v) is 4.47. The van der Waals surface area contributed by atoms with Gasteiger partial charge in [-0.1, -0.05) is 6.42 Å². The highest BCUT2D eigenvalue weighted by Gasteiger charge is 2.16. The Bertz CT molecular complexity index is 539. The van der Waals surface area contributed by atoms with Gasteiger partial charge in [0.2, 0.25) is 0 Å². The number of anilines is 1. The topological polar surface area (TPSA) is 84.0 Å². The summed E-state index contributed by atoms with van der Waals surface area (Å²) in [5.41, 5.74) is 0.581. The highest BCUT2D eigenvalue weighted by Crippen LogP contribution is 2.16. The van der Waals surface area contributed by atoms with E-state index in [0.717, 1.165) is 24.5 Å². The molecule has 0 aliphatic carbocycles. The van der Waals surface area contributed by atoms with Crippen LogP contribution in [-0.4, -0.2) is 38.1 Å². The first-order chi connectivity index (χ1) is 12.2. The molecule has 6 nitrogen and oxygen atoms in total. The molecule has 0 spiro atoms. The van der Waals surface area contributed by atoms with Crippen molar-refractivity contribution < 1.29 is 19.6 Å². The molecule has 138 valence electrons. The van der Waals surface area contributed by atoms with E-state index in [1.54, 1.807) is 24.3 Å². The lowest BCUT2D eigenvalue weighted by Gasteiger charge is -2.19. The standard InChI is InChI=1S/C19H29N3O3/c1-2-25-17-10-8-16(9-11-17)22-19(24)18(23)21-13-4-3-6-15-7-5-12-20-14-15/h8-11,15,20H,2-7,12-14H2,1H3,(H,21,23)(H,22,24)/p+1/t15-/m1/s1. The predicted octanol–water partition coefficient (Wildman–Crippen LogP) is 1.28. The fourth-order valence-corrected chi connectivity index (χ4v) is 3.11. The van der Waals surface area contributed by atoms with E-state index < -0.39 is 11.8 Å². The summed E-state index contributed by atoms with van der Waals surface area (Å²) in [6, 6.07) is 6.97. The molecule has 0 saturated carbocycles. The number of benzene rings is 1. The molecule has 1 heterocycles. The van der Waals surface area contributed by atoms with Crippen LogP contribution < -0.4 is 20.7 Å². The van der Waals surface area contributed by atoms with Crippen molar-refractivity contribution in [1.82, 2.24) is 5.32 Å². The Labute approximate surface area is 149 Å². The molecule has 6 heteroatoms. The first-order valence-corrected chi connectivity index (χ1v) is 9.32. The van der Waals surface area contributed by atoms with Crippen LogP contribution in [-0.2, 0) is 9.59 Å². The number of quaternary nitrogens is 1. The van der Waals surface area contributed by atoms with Gasteiger partial charge in [0, 0.05) is 18.2 Å².